The van der Waals surface area contributed by atoms with Crippen LogP contribution in [0.4, 0.5) is 0 Å². The van der Waals surface area contributed by atoms with Crippen LogP contribution in [0.5, 0.6) is 0 Å². The van der Waals surface area contributed by atoms with Crippen molar-refractivity contribution in [2.24, 2.45) is 5.92 Å². The summed E-state index contributed by atoms with van der Waals surface area (Å²) >= 11 is 0. The zero-order valence-electron chi connectivity index (χ0n) is 7.45. The number of carboxylic acid groups (broad SMARTS) is 1. The highest BCUT2D eigenvalue weighted by molar-refractivity contribution is 5.84. The molecule has 5 heteroatoms. The largest absolute Gasteiger partial charge is 0.480 e. The van der Waals surface area contributed by atoms with Crippen LogP contribution in [-0.4, -0.2) is 36.2 Å². The van der Waals surface area contributed by atoms with Gasteiger partial charge >= 0.3 is 5.97 Å². The molecule has 1 fully saturated rings. The van der Waals surface area contributed by atoms with Gasteiger partial charge < -0.3 is 15.2 Å². The number of carboxylic acids is 1. The van der Waals surface area contributed by atoms with E-state index in [-0.39, 0.29) is 11.8 Å². The van der Waals surface area contributed by atoms with Crippen molar-refractivity contribution >= 4 is 11.9 Å². The van der Waals surface area contributed by atoms with E-state index < -0.39 is 12.0 Å². The fourth-order valence-electron chi connectivity index (χ4n) is 1.13. The second kappa shape index (κ2) is 4.23. The van der Waals surface area contributed by atoms with E-state index in [2.05, 4.69) is 5.32 Å². The Morgan fingerprint density at radius 2 is 2.31 bits per heavy atom. The molecule has 0 saturated carbocycles. The first-order valence-electron chi connectivity index (χ1n) is 4.22. The molecule has 0 unspecified atom stereocenters. The lowest BCUT2D eigenvalue weighted by Gasteiger charge is -2.12. The van der Waals surface area contributed by atoms with Gasteiger partial charge in [-0.3, -0.25) is 9.59 Å². The molecule has 5 nitrogen and oxygen atoms in total. The molecule has 0 aromatic rings. The van der Waals surface area contributed by atoms with Crippen LogP contribution in [-0.2, 0) is 14.3 Å². The number of aliphatic carboxylic acids is 1. The Hall–Kier alpha value is -1.10. The maximum atomic E-state index is 11.3. The summed E-state index contributed by atoms with van der Waals surface area (Å²) in [4.78, 5) is 21.7. The molecule has 1 rings (SSSR count). The summed E-state index contributed by atoms with van der Waals surface area (Å²) in [7, 11) is 0. The van der Waals surface area contributed by atoms with Crippen molar-refractivity contribution in [3.8, 4) is 0 Å². The summed E-state index contributed by atoms with van der Waals surface area (Å²) in [6, 6.07) is -0.826. The third kappa shape index (κ3) is 2.69. The first kappa shape index (κ1) is 9.98. The molecular formula is C8H13NO4. The van der Waals surface area contributed by atoms with Crippen LogP contribution in [0.3, 0.4) is 0 Å². The van der Waals surface area contributed by atoms with Crippen LogP contribution in [0, 0.1) is 5.92 Å². The Kier molecular flexibility index (Phi) is 3.25. The number of amides is 1. The summed E-state index contributed by atoms with van der Waals surface area (Å²) in [5.74, 6) is -1.43. The lowest BCUT2D eigenvalue weighted by molar-refractivity contribution is -0.141. The fourth-order valence-corrected chi connectivity index (χ4v) is 1.13. The lowest BCUT2D eigenvalue weighted by Crippen LogP contribution is -2.41. The SMILES string of the molecule is C[C@H](NC(=O)[C@@H]1CCOC1)C(=O)O. The predicted molar refractivity (Wildman–Crippen MR) is 44.2 cm³/mol. The summed E-state index contributed by atoms with van der Waals surface area (Å²) in [6.45, 7) is 2.42. The van der Waals surface area contributed by atoms with E-state index in [0.717, 1.165) is 0 Å². The fraction of sp³-hybridized carbons (Fsp3) is 0.750. The van der Waals surface area contributed by atoms with E-state index in [0.29, 0.717) is 19.6 Å². The summed E-state index contributed by atoms with van der Waals surface area (Å²) < 4.78 is 5.01. The monoisotopic (exact) mass is 187 g/mol. The summed E-state index contributed by atoms with van der Waals surface area (Å²) in [6.07, 6.45) is 0.679. The van der Waals surface area contributed by atoms with E-state index in [1.165, 1.54) is 6.92 Å². The predicted octanol–water partition coefficient (Wildman–Crippen LogP) is -0.388. The highest BCUT2D eigenvalue weighted by Gasteiger charge is 2.25. The minimum atomic E-state index is -1.02. The molecule has 0 bridgehead atoms. The highest BCUT2D eigenvalue weighted by Crippen LogP contribution is 2.12. The van der Waals surface area contributed by atoms with Crippen LogP contribution in [0.2, 0.25) is 0 Å². The van der Waals surface area contributed by atoms with E-state index in [4.69, 9.17) is 9.84 Å². The van der Waals surface area contributed by atoms with Gasteiger partial charge in [-0.1, -0.05) is 0 Å². The number of nitrogens with one attached hydrogen (secondary N) is 1. The van der Waals surface area contributed by atoms with Crippen molar-refractivity contribution < 1.29 is 19.4 Å². The van der Waals surface area contributed by atoms with Gasteiger partial charge in [0.25, 0.3) is 0 Å². The first-order valence-corrected chi connectivity index (χ1v) is 4.22. The van der Waals surface area contributed by atoms with Crippen molar-refractivity contribution in [1.82, 2.24) is 5.32 Å². The molecular weight excluding hydrogens is 174 g/mol. The van der Waals surface area contributed by atoms with Crippen LogP contribution in [0.15, 0.2) is 0 Å². The van der Waals surface area contributed by atoms with E-state index >= 15 is 0 Å². The number of rotatable bonds is 3. The second-order valence-corrected chi connectivity index (χ2v) is 3.13. The van der Waals surface area contributed by atoms with Gasteiger partial charge in [-0.05, 0) is 13.3 Å². The lowest BCUT2D eigenvalue weighted by atomic mass is 10.1. The maximum absolute atomic E-state index is 11.3. The second-order valence-electron chi connectivity index (χ2n) is 3.13. The Bertz CT molecular complexity index is 210. The van der Waals surface area contributed by atoms with Gasteiger partial charge in [-0.2, -0.15) is 0 Å². The molecule has 13 heavy (non-hydrogen) atoms. The van der Waals surface area contributed by atoms with Gasteiger partial charge in [0, 0.05) is 6.61 Å². The Balaban J connectivity index is 2.35. The molecule has 1 saturated heterocycles. The van der Waals surface area contributed by atoms with Gasteiger partial charge in [-0.25, -0.2) is 0 Å². The summed E-state index contributed by atoms with van der Waals surface area (Å²) in [5, 5.41) is 10.9. The quantitative estimate of drug-likeness (QED) is 0.631. The average Bonchev–Trinajstić information content (AvgIpc) is 2.55. The zero-order valence-corrected chi connectivity index (χ0v) is 7.45. The zero-order chi connectivity index (χ0) is 9.84. The van der Waals surface area contributed by atoms with Crippen molar-refractivity contribution in [2.45, 2.75) is 19.4 Å². The molecule has 0 aromatic heterocycles. The average molecular weight is 187 g/mol. The van der Waals surface area contributed by atoms with Crippen molar-refractivity contribution in [3.05, 3.63) is 0 Å². The molecule has 0 aliphatic carbocycles. The molecule has 2 atom stereocenters. The Labute approximate surface area is 76.1 Å². The molecule has 2 N–H and O–H groups in total. The minimum absolute atomic E-state index is 0.179. The van der Waals surface area contributed by atoms with Crippen molar-refractivity contribution in [1.29, 1.82) is 0 Å². The number of carbonyl (C=O) groups excluding carboxylic acids is 1. The minimum Gasteiger partial charge on any atom is -0.480 e. The maximum Gasteiger partial charge on any atom is 0.325 e. The van der Waals surface area contributed by atoms with Gasteiger partial charge in [0.05, 0.1) is 12.5 Å². The summed E-state index contributed by atoms with van der Waals surface area (Å²) in [5.41, 5.74) is 0. The van der Waals surface area contributed by atoms with E-state index in [9.17, 15) is 9.59 Å². The number of ether oxygens (including phenoxy) is 1. The van der Waals surface area contributed by atoms with Crippen LogP contribution in [0.25, 0.3) is 0 Å². The molecule has 0 spiro atoms. The van der Waals surface area contributed by atoms with Crippen LogP contribution in [0.1, 0.15) is 13.3 Å². The number of carbonyl (C=O) groups is 2. The van der Waals surface area contributed by atoms with Gasteiger partial charge in [0.15, 0.2) is 0 Å². The number of hydrogen-bond acceptors (Lipinski definition) is 3. The highest BCUT2D eigenvalue weighted by atomic mass is 16.5. The Morgan fingerprint density at radius 3 is 2.77 bits per heavy atom. The van der Waals surface area contributed by atoms with E-state index in [1.807, 2.05) is 0 Å². The molecule has 0 aromatic carbocycles. The third-order valence-electron chi connectivity index (χ3n) is 2.03. The Morgan fingerprint density at radius 1 is 1.62 bits per heavy atom. The van der Waals surface area contributed by atoms with Gasteiger partial charge in [-0.15, -0.1) is 0 Å². The van der Waals surface area contributed by atoms with Gasteiger partial charge in [0.2, 0.25) is 5.91 Å². The van der Waals surface area contributed by atoms with Crippen molar-refractivity contribution in [3.63, 3.8) is 0 Å². The standard InChI is InChI=1S/C8H13NO4/c1-5(8(11)12)9-7(10)6-2-3-13-4-6/h5-6H,2-4H2,1H3,(H,9,10)(H,11,12)/t5-,6+/m0/s1. The molecule has 0 radical (unpaired) electrons. The first-order chi connectivity index (χ1) is 6.11. The smallest absolute Gasteiger partial charge is 0.325 e. The third-order valence-corrected chi connectivity index (χ3v) is 2.03. The van der Waals surface area contributed by atoms with E-state index in [1.54, 1.807) is 0 Å². The van der Waals surface area contributed by atoms with Crippen molar-refractivity contribution in [2.75, 3.05) is 13.2 Å². The molecule has 1 heterocycles. The normalized spacial score (nSPS) is 23.9. The van der Waals surface area contributed by atoms with Gasteiger partial charge in [0.1, 0.15) is 6.04 Å². The molecule has 74 valence electrons. The molecule has 1 aliphatic rings. The van der Waals surface area contributed by atoms with Crippen LogP contribution < -0.4 is 5.32 Å². The topological polar surface area (TPSA) is 75.6 Å². The van der Waals surface area contributed by atoms with Crippen LogP contribution >= 0.6 is 0 Å². The number of hydrogen-bond donors (Lipinski definition) is 2. The molecule has 1 aliphatic heterocycles. The molecule has 1 amide bonds.